The van der Waals surface area contributed by atoms with E-state index in [1.807, 2.05) is 24.3 Å². The molecular formula is C11H11BrN2O2. The quantitative estimate of drug-likeness (QED) is 0.938. The number of aromatic amines is 1. The number of halogens is 1. The van der Waals surface area contributed by atoms with E-state index in [9.17, 15) is 0 Å². The summed E-state index contributed by atoms with van der Waals surface area (Å²) in [6, 6.07) is 7.53. The first-order valence-electron chi connectivity index (χ1n) is 4.75. The number of H-pyrrole nitrogens is 1. The number of benzene rings is 1. The normalized spacial score (nSPS) is 10.1. The van der Waals surface area contributed by atoms with E-state index in [2.05, 4.69) is 25.9 Å². The fraction of sp³-hybridized carbons (Fsp3) is 0.182. The zero-order valence-corrected chi connectivity index (χ0v) is 10.3. The van der Waals surface area contributed by atoms with Gasteiger partial charge in [0.1, 0.15) is 6.61 Å². The number of nitrogens with zero attached hydrogens (tertiary/aromatic N) is 1. The molecule has 4 nitrogen and oxygen atoms in total. The number of hydrogen-bond donors (Lipinski definition) is 1. The summed E-state index contributed by atoms with van der Waals surface area (Å²) in [7, 11) is 1.62. The molecule has 0 saturated carbocycles. The van der Waals surface area contributed by atoms with E-state index in [1.165, 1.54) is 0 Å². The molecular weight excluding hydrogens is 272 g/mol. The maximum Gasteiger partial charge on any atom is 0.174 e. The van der Waals surface area contributed by atoms with Crippen LogP contribution in [0.5, 0.6) is 11.5 Å². The highest BCUT2D eigenvalue weighted by Gasteiger charge is 2.04. The molecule has 0 spiro atoms. The van der Waals surface area contributed by atoms with Crippen LogP contribution in [0, 0.1) is 0 Å². The number of imidazole rings is 1. The van der Waals surface area contributed by atoms with Gasteiger partial charge in [-0.3, -0.25) is 0 Å². The predicted molar refractivity (Wildman–Crippen MR) is 63.6 cm³/mol. The average Bonchev–Trinajstić information content (AvgIpc) is 2.73. The van der Waals surface area contributed by atoms with Crippen LogP contribution in [0.4, 0.5) is 0 Å². The van der Waals surface area contributed by atoms with Gasteiger partial charge in [-0.1, -0.05) is 12.1 Å². The molecule has 1 aromatic heterocycles. The van der Waals surface area contributed by atoms with Gasteiger partial charge in [0, 0.05) is 0 Å². The van der Waals surface area contributed by atoms with E-state index in [0.29, 0.717) is 11.3 Å². The first-order chi connectivity index (χ1) is 7.79. The van der Waals surface area contributed by atoms with Crippen molar-refractivity contribution in [2.45, 2.75) is 6.61 Å². The van der Waals surface area contributed by atoms with Crippen molar-refractivity contribution in [3.8, 4) is 11.5 Å². The summed E-state index contributed by atoms with van der Waals surface area (Å²) in [6.07, 6.45) is 1.72. The Balaban J connectivity index is 2.04. The van der Waals surface area contributed by atoms with Crippen LogP contribution in [0.15, 0.2) is 35.2 Å². The van der Waals surface area contributed by atoms with E-state index < -0.39 is 0 Å². The van der Waals surface area contributed by atoms with Crippen molar-refractivity contribution in [3.05, 3.63) is 40.9 Å². The van der Waals surface area contributed by atoms with Gasteiger partial charge in [-0.25, -0.2) is 4.98 Å². The third kappa shape index (κ3) is 2.55. The highest BCUT2D eigenvalue weighted by Crippen LogP contribution is 2.26. The smallest absolute Gasteiger partial charge is 0.174 e. The van der Waals surface area contributed by atoms with Gasteiger partial charge in [0.25, 0.3) is 0 Å². The Morgan fingerprint density at radius 1 is 1.31 bits per heavy atom. The second kappa shape index (κ2) is 5.03. The van der Waals surface area contributed by atoms with Crippen LogP contribution in [0.3, 0.4) is 0 Å². The average molecular weight is 283 g/mol. The molecule has 0 aliphatic carbocycles. The highest BCUT2D eigenvalue weighted by atomic mass is 79.9. The van der Waals surface area contributed by atoms with Crippen molar-refractivity contribution in [2.75, 3.05) is 7.11 Å². The zero-order chi connectivity index (χ0) is 11.4. The van der Waals surface area contributed by atoms with Crippen molar-refractivity contribution in [1.29, 1.82) is 0 Å². The van der Waals surface area contributed by atoms with Crippen molar-refractivity contribution >= 4 is 15.9 Å². The Kier molecular flexibility index (Phi) is 3.46. The number of nitrogens with one attached hydrogen (secondary N) is 1. The van der Waals surface area contributed by atoms with Gasteiger partial charge >= 0.3 is 0 Å². The van der Waals surface area contributed by atoms with Gasteiger partial charge in [-0.15, -0.1) is 0 Å². The van der Waals surface area contributed by atoms with Crippen molar-refractivity contribution < 1.29 is 9.47 Å². The summed E-state index contributed by atoms with van der Waals surface area (Å²) < 4.78 is 11.5. The van der Waals surface area contributed by atoms with Gasteiger partial charge in [-0.05, 0) is 28.1 Å². The largest absolute Gasteiger partial charge is 0.493 e. The number of hydrogen-bond acceptors (Lipinski definition) is 3. The summed E-state index contributed by atoms with van der Waals surface area (Å²) >= 11 is 3.24. The second-order valence-electron chi connectivity index (χ2n) is 3.14. The summed E-state index contributed by atoms with van der Waals surface area (Å²) in [6.45, 7) is 0.430. The van der Waals surface area contributed by atoms with Crippen LogP contribution in [0.1, 0.15) is 5.69 Å². The lowest BCUT2D eigenvalue weighted by molar-refractivity contribution is 0.281. The standard InChI is InChI=1S/C11H11BrN2O2/c1-15-9-4-2-3-5-10(9)16-7-8-6-13-11(12)14-8/h2-6H,7H2,1H3,(H,13,14). The number of ether oxygens (including phenoxy) is 2. The molecule has 1 aromatic carbocycles. The molecule has 0 atom stereocenters. The first-order valence-corrected chi connectivity index (χ1v) is 5.54. The fourth-order valence-electron chi connectivity index (χ4n) is 1.30. The molecule has 84 valence electrons. The molecule has 2 rings (SSSR count). The fourth-order valence-corrected chi connectivity index (χ4v) is 1.66. The molecule has 1 heterocycles. The lowest BCUT2D eigenvalue weighted by atomic mass is 10.3. The van der Waals surface area contributed by atoms with Crippen LogP contribution < -0.4 is 9.47 Å². The Labute approximate surface area is 102 Å². The molecule has 16 heavy (non-hydrogen) atoms. The van der Waals surface area contributed by atoms with Gasteiger partial charge in [0.15, 0.2) is 16.2 Å². The second-order valence-corrected chi connectivity index (χ2v) is 3.89. The van der Waals surface area contributed by atoms with Crippen LogP contribution in [-0.4, -0.2) is 17.1 Å². The Morgan fingerprint density at radius 3 is 2.69 bits per heavy atom. The molecule has 0 bridgehead atoms. The minimum Gasteiger partial charge on any atom is -0.493 e. The molecule has 0 saturated heterocycles. The summed E-state index contributed by atoms with van der Waals surface area (Å²) in [5, 5.41) is 0. The molecule has 2 aromatic rings. The van der Waals surface area contributed by atoms with Crippen LogP contribution in [0.2, 0.25) is 0 Å². The topological polar surface area (TPSA) is 47.1 Å². The maximum atomic E-state index is 5.61. The van der Waals surface area contributed by atoms with Crippen molar-refractivity contribution in [2.24, 2.45) is 0 Å². The number of methoxy groups -OCH3 is 1. The third-order valence-electron chi connectivity index (χ3n) is 2.05. The molecule has 0 fully saturated rings. The van der Waals surface area contributed by atoms with Gasteiger partial charge in [-0.2, -0.15) is 0 Å². The third-order valence-corrected chi connectivity index (χ3v) is 2.45. The Morgan fingerprint density at radius 2 is 2.06 bits per heavy atom. The molecule has 5 heteroatoms. The molecule has 1 N–H and O–H groups in total. The highest BCUT2D eigenvalue weighted by molar-refractivity contribution is 9.10. The van der Waals surface area contributed by atoms with Crippen LogP contribution >= 0.6 is 15.9 Å². The minimum absolute atomic E-state index is 0.430. The lowest BCUT2D eigenvalue weighted by Crippen LogP contribution is -1.97. The molecule has 0 unspecified atom stereocenters. The molecule has 0 aliphatic rings. The van der Waals surface area contributed by atoms with Gasteiger partial charge < -0.3 is 14.5 Å². The number of para-hydroxylation sites is 2. The zero-order valence-electron chi connectivity index (χ0n) is 8.74. The van der Waals surface area contributed by atoms with Crippen molar-refractivity contribution in [1.82, 2.24) is 9.97 Å². The van der Waals surface area contributed by atoms with Crippen LogP contribution in [0.25, 0.3) is 0 Å². The van der Waals surface area contributed by atoms with Crippen molar-refractivity contribution in [3.63, 3.8) is 0 Å². The molecule has 0 amide bonds. The van der Waals surface area contributed by atoms with E-state index in [1.54, 1.807) is 13.3 Å². The number of aromatic nitrogens is 2. The maximum absolute atomic E-state index is 5.61. The summed E-state index contributed by atoms with van der Waals surface area (Å²) in [5.41, 5.74) is 0.901. The van der Waals surface area contributed by atoms with E-state index in [0.717, 1.165) is 17.2 Å². The van der Waals surface area contributed by atoms with Crippen LogP contribution in [-0.2, 0) is 6.61 Å². The van der Waals surface area contributed by atoms with E-state index in [4.69, 9.17) is 9.47 Å². The Hall–Kier alpha value is -1.49. The SMILES string of the molecule is COc1ccccc1OCc1cnc(Br)[nH]1. The predicted octanol–water partition coefficient (Wildman–Crippen LogP) is 2.76. The first kappa shape index (κ1) is 11.0. The Bertz CT molecular complexity index is 471. The number of rotatable bonds is 4. The minimum atomic E-state index is 0.430. The monoisotopic (exact) mass is 282 g/mol. The van der Waals surface area contributed by atoms with Gasteiger partial charge in [0.2, 0.25) is 0 Å². The van der Waals surface area contributed by atoms with E-state index in [-0.39, 0.29) is 0 Å². The molecule has 0 radical (unpaired) electrons. The van der Waals surface area contributed by atoms with Gasteiger partial charge in [0.05, 0.1) is 19.0 Å². The lowest BCUT2D eigenvalue weighted by Gasteiger charge is -2.08. The summed E-state index contributed by atoms with van der Waals surface area (Å²) in [5.74, 6) is 1.44. The molecule has 0 aliphatic heterocycles. The summed E-state index contributed by atoms with van der Waals surface area (Å²) in [4.78, 5) is 7.04. The van der Waals surface area contributed by atoms with E-state index >= 15 is 0 Å².